The number of allylic oxidation sites excluding steroid dienone is 2. The van der Waals surface area contributed by atoms with E-state index in [1.807, 2.05) is 17.7 Å². The molecule has 0 aromatic carbocycles. The van der Waals surface area contributed by atoms with Crippen LogP contribution in [0, 0.1) is 12.3 Å². The Morgan fingerprint density at radius 3 is 2.85 bits per heavy atom. The van der Waals surface area contributed by atoms with Gasteiger partial charge in [0.05, 0.1) is 0 Å². The van der Waals surface area contributed by atoms with Gasteiger partial charge in [-0.2, -0.15) is 0 Å². The average molecular weight is 376 g/mol. The fourth-order valence-corrected chi connectivity index (χ4v) is 4.54. The van der Waals surface area contributed by atoms with E-state index in [0.717, 1.165) is 17.9 Å². The van der Waals surface area contributed by atoms with Crippen molar-refractivity contribution < 1.29 is 13.6 Å². The fraction of sp³-hybridized carbons (Fsp3) is 0.600. The molecule has 1 aromatic rings. The first-order valence-corrected chi connectivity index (χ1v) is 9.70. The number of nitrogens with zero attached hydrogens (tertiary/aromatic N) is 2. The monoisotopic (exact) mass is 376 g/mol. The summed E-state index contributed by atoms with van der Waals surface area (Å²) in [5, 5.41) is 6.51. The smallest absolute Gasteiger partial charge is 0.248 e. The molecule has 1 saturated carbocycles. The molecule has 5 nitrogen and oxygen atoms in total. The molecular formula is C20H26F2N4O. The third-order valence-electron chi connectivity index (χ3n) is 6.19. The highest BCUT2D eigenvalue weighted by molar-refractivity contribution is 5.87. The van der Waals surface area contributed by atoms with Gasteiger partial charge >= 0.3 is 0 Å². The van der Waals surface area contributed by atoms with E-state index >= 15 is 0 Å². The molecular weight excluding hydrogens is 350 g/mol. The van der Waals surface area contributed by atoms with E-state index in [4.69, 9.17) is 0 Å². The Balaban J connectivity index is 1.59. The Morgan fingerprint density at radius 1 is 1.37 bits per heavy atom. The second kappa shape index (κ2) is 6.77. The van der Waals surface area contributed by atoms with E-state index in [1.165, 1.54) is 5.57 Å². The van der Waals surface area contributed by atoms with Gasteiger partial charge in [0.1, 0.15) is 11.2 Å². The first-order valence-electron chi connectivity index (χ1n) is 9.70. The maximum Gasteiger partial charge on any atom is 0.248 e. The molecule has 2 aliphatic carbocycles. The predicted octanol–water partition coefficient (Wildman–Crippen LogP) is 3.08. The number of halogens is 2. The van der Waals surface area contributed by atoms with Gasteiger partial charge in [-0.1, -0.05) is 12.2 Å². The van der Waals surface area contributed by atoms with Crippen LogP contribution < -0.4 is 10.6 Å². The van der Waals surface area contributed by atoms with Crippen LogP contribution in [-0.2, 0) is 11.3 Å². The average Bonchev–Trinajstić information content (AvgIpc) is 3.22. The van der Waals surface area contributed by atoms with Crippen molar-refractivity contribution in [3.63, 3.8) is 0 Å². The lowest BCUT2D eigenvalue weighted by atomic mass is 9.81. The first-order chi connectivity index (χ1) is 12.9. The quantitative estimate of drug-likeness (QED) is 0.849. The lowest BCUT2D eigenvalue weighted by Crippen LogP contribution is -2.51. The topological polar surface area (TPSA) is 59.0 Å². The van der Waals surface area contributed by atoms with Crippen molar-refractivity contribution in [2.24, 2.45) is 5.41 Å². The summed E-state index contributed by atoms with van der Waals surface area (Å²) in [5.41, 5.74) is 1.45. The molecule has 1 fully saturated rings. The number of hydrogen-bond donors (Lipinski definition) is 2. The molecule has 1 amide bonds. The standard InChI is InChI=1S/C20H26F2N4O/c1-14-23-11-12-26(14)13-19(7-4-15-3-2-10-24-17(15)19)18(27)25-16-5-8-20(21,22)9-6-16/h2-3,11-12,16,24H,4-10,13H2,1H3,(H,25,27). The second-order valence-corrected chi connectivity index (χ2v) is 7.97. The van der Waals surface area contributed by atoms with Crippen LogP contribution in [0.4, 0.5) is 8.78 Å². The van der Waals surface area contributed by atoms with E-state index in [2.05, 4.69) is 27.8 Å². The fourth-order valence-electron chi connectivity index (χ4n) is 4.54. The highest BCUT2D eigenvalue weighted by atomic mass is 19.3. The highest BCUT2D eigenvalue weighted by Gasteiger charge is 2.48. The molecule has 7 heteroatoms. The molecule has 0 radical (unpaired) electrons. The van der Waals surface area contributed by atoms with E-state index in [1.54, 1.807) is 6.20 Å². The maximum atomic E-state index is 13.5. The van der Waals surface area contributed by atoms with Gasteiger partial charge in [0, 0.05) is 50.1 Å². The summed E-state index contributed by atoms with van der Waals surface area (Å²) in [6.07, 6.45) is 9.70. The molecule has 4 rings (SSSR count). The molecule has 2 heterocycles. The Morgan fingerprint density at radius 2 is 2.15 bits per heavy atom. The number of amides is 1. The molecule has 2 N–H and O–H groups in total. The Bertz CT molecular complexity index is 788. The van der Waals surface area contributed by atoms with Crippen molar-refractivity contribution in [2.75, 3.05) is 6.54 Å². The highest BCUT2D eigenvalue weighted by Crippen LogP contribution is 2.45. The molecule has 3 aliphatic rings. The number of carbonyl (C=O) groups excluding carboxylic acids is 1. The van der Waals surface area contributed by atoms with Gasteiger partial charge in [-0.05, 0) is 38.2 Å². The molecule has 1 aliphatic heterocycles. The van der Waals surface area contributed by atoms with Crippen LogP contribution in [0.1, 0.15) is 44.3 Å². The largest absolute Gasteiger partial charge is 0.384 e. The van der Waals surface area contributed by atoms with Crippen molar-refractivity contribution in [3.05, 3.63) is 41.6 Å². The summed E-state index contributed by atoms with van der Waals surface area (Å²) < 4.78 is 28.9. The zero-order valence-electron chi connectivity index (χ0n) is 15.6. The van der Waals surface area contributed by atoms with Gasteiger partial charge in [-0.25, -0.2) is 13.8 Å². The van der Waals surface area contributed by atoms with Crippen LogP contribution in [0.2, 0.25) is 0 Å². The first kappa shape index (κ1) is 18.2. The molecule has 0 saturated heterocycles. The molecule has 146 valence electrons. The zero-order chi connectivity index (χ0) is 19.1. The molecule has 0 bridgehead atoms. The summed E-state index contributed by atoms with van der Waals surface area (Å²) in [7, 11) is 0. The normalized spacial score (nSPS) is 27.4. The lowest BCUT2D eigenvalue weighted by molar-refractivity contribution is -0.132. The summed E-state index contributed by atoms with van der Waals surface area (Å²) in [5.74, 6) is -1.79. The molecule has 27 heavy (non-hydrogen) atoms. The number of imidazole rings is 1. The van der Waals surface area contributed by atoms with E-state index in [9.17, 15) is 13.6 Å². The number of alkyl halides is 2. The van der Waals surface area contributed by atoms with Crippen molar-refractivity contribution in [2.45, 2.75) is 64.0 Å². The van der Waals surface area contributed by atoms with Crippen molar-refractivity contribution >= 4 is 5.91 Å². The molecule has 1 unspecified atom stereocenters. The summed E-state index contributed by atoms with van der Waals surface area (Å²) in [6.45, 7) is 3.13. The van der Waals surface area contributed by atoms with E-state index in [0.29, 0.717) is 32.4 Å². The van der Waals surface area contributed by atoms with Gasteiger partial charge in [-0.3, -0.25) is 4.79 Å². The number of carbonyl (C=O) groups is 1. The number of hydrogen-bond acceptors (Lipinski definition) is 3. The minimum absolute atomic E-state index is 0.0568. The number of aromatic nitrogens is 2. The molecule has 0 spiro atoms. The van der Waals surface area contributed by atoms with E-state index in [-0.39, 0.29) is 24.8 Å². The van der Waals surface area contributed by atoms with Crippen LogP contribution in [0.25, 0.3) is 0 Å². The Labute approximate surface area is 157 Å². The van der Waals surface area contributed by atoms with Crippen LogP contribution in [0.5, 0.6) is 0 Å². The summed E-state index contributed by atoms with van der Waals surface area (Å²) in [6, 6.07) is -0.179. The minimum atomic E-state index is -2.59. The SMILES string of the molecule is Cc1nccn1CC1(C(=O)NC2CCC(F)(F)CC2)CCC2=C1NCC=C2. The maximum absolute atomic E-state index is 13.5. The lowest BCUT2D eigenvalue weighted by Gasteiger charge is -2.36. The van der Waals surface area contributed by atoms with Crippen LogP contribution in [0.15, 0.2) is 35.8 Å². The second-order valence-electron chi connectivity index (χ2n) is 7.97. The Kier molecular flexibility index (Phi) is 4.56. The predicted molar refractivity (Wildman–Crippen MR) is 98.1 cm³/mol. The molecule has 1 atom stereocenters. The van der Waals surface area contributed by atoms with Gasteiger partial charge in [0.25, 0.3) is 0 Å². The Hall–Kier alpha value is -2.18. The number of aryl methyl sites for hydroxylation is 1. The van der Waals surface area contributed by atoms with Crippen LogP contribution in [0.3, 0.4) is 0 Å². The minimum Gasteiger partial charge on any atom is -0.384 e. The van der Waals surface area contributed by atoms with E-state index < -0.39 is 11.3 Å². The number of rotatable bonds is 4. The third-order valence-corrected chi connectivity index (χ3v) is 6.19. The van der Waals surface area contributed by atoms with Gasteiger partial charge < -0.3 is 15.2 Å². The zero-order valence-corrected chi connectivity index (χ0v) is 15.6. The molecule has 1 aromatic heterocycles. The third kappa shape index (κ3) is 3.39. The number of dihydropyridines is 1. The van der Waals surface area contributed by atoms with Gasteiger partial charge in [0.2, 0.25) is 11.8 Å². The number of nitrogens with one attached hydrogen (secondary N) is 2. The summed E-state index contributed by atoms with van der Waals surface area (Å²) in [4.78, 5) is 17.7. The van der Waals surface area contributed by atoms with Crippen LogP contribution in [-0.4, -0.2) is 34.0 Å². The van der Waals surface area contributed by atoms with Gasteiger partial charge in [0.15, 0.2) is 0 Å². The van der Waals surface area contributed by atoms with Crippen molar-refractivity contribution in [3.8, 4) is 0 Å². The van der Waals surface area contributed by atoms with Gasteiger partial charge in [-0.15, -0.1) is 0 Å². The van der Waals surface area contributed by atoms with Crippen molar-refractivity contribution in [1.82, 2.24) is 20.2 Å². The van der Waals surface area contributed by atoms with Crippen LogP contribution >= 0.6 is 0 Å². The van der Waals surface area contributed by atoms with Crippen molar-refractivity contribution in [1.29, 1.82) is 0 Å². The summed E-state index contributed by atoms with van der Waals surface area (Å²) >= 11 is 0.